The molecule has 0 saturated carbocycles. The van der Waals surface area contributed by atoms with Crippen molar-refractivity contribution in [2.75, 3.05) is 0 Å². The molecule has 0 aliphatic carbocycles. The summed E-state index contributed by atoms with van der Waals surface area (Å²) >= 11 is 6.28. The van der Waals surface area contributed by atoms with E-state index in [-0.39, 0.29) is 11.5 Å². The molecule has 96 valence electrons. The maximum atomic E-state index is 13.6. The molecule has 0 aliphatic heterocycles. The Morgan fingerprint density at radius 3 is 2.53 bits per heavy atom. The Balaban J connectivity index is 2.85. The Bertz CT molecular complexity index is 352. The van der Waals surface area contributed by atoms with Gasteiger partial charge in [0.2, 0.25) is 0 Å². The number of hydrogen-bond donors (Lipinski definition) is 0. The van der Waals surface area contributed by atoms with Crippen molar-refractivity contribution in [3.8, 4) is 0 Å². The number of unbranched alkanes of at least 4 members (excludes halogenated alkanes) is 1. The topological polar surface area (TPSA) is 0 Å². The standard InChI is InChI=1S/C14H19ClF2/c1-3-5-6-10(4-2)14(15)12-9-11(16)7-8-13(12)17/h7-10,14H,3-6H2,1-2H3. The lowest BCUT2D eigenvalue weighted by atomic mass is 9.91. The van der Waals surface area contributed by atoms with Crippen LogP contribution in [0.15, 0.2) is 18.2 Å². The highest BCUT2D eigenvalue weighted by Gasteiger charge is 2.22. The van der Waals surface area contributed by atoms with E-state index in [0.717, 1.165) is 37.8 Å². The lowest BCUT2D eigenvalue weighted by Gasteiger charge is -2.21. The Kier molecular flexibility index (Phi) is 5.90. The zero-order valence-electron chi connectivity index (χ0n) is 10.3. The van der Waals surface area contributed by atoms with E-state index in [1.165, 1.54) is 6.07 Å². The normalized spacial score (nSPS) is 14.6. The second kappa shape index (κ2) is 6.95. The molecule has 0 aliphatic rings. The minimum atomic E-state index is -0.442. The Morgan fingerprint density at radius 2 is 1.94 bits per heavy atom. The van der Waals surface area contributed by atoms with Crippen molar-refractivity contribution in [3.63, 3.8) is 0 Å². The van der Waals surface area contributed by atoms with Crippen LogP contribution in [0.25, 0.3) is 0 Å². The summed E-state index contributed by atoms with van der Waals surface area (Å²) in [7, 11) is 0. The molecule has 0 radical (unpaired) electrons. The van der Waals surface area contributed by atoms with Crippen molar-refractivity contribution in [2.45, 2.75) is 44.9 Å². The summed E-state index contributed by atoms with van der Waals surface area (Å²) in [6.07, 6.45) is 3.99. The van der Waals surface area contributed by atoms with Crippen LogP contribution in [0.2, 0.25) is 0 Å². The first-order valence-electron chi connectivity index (χ1n) is 6.19. The maximum absolute atomic E-state index is 13.6. The molecule has 1 aromatic rings. The van der Waals surface area contributed by atoms with Crippen LogP contribution < -0.4 is 0 Å². The minimum Gasteiger partial charge on any atom is -0.207 e. The molecule has 17 heavy (non-hydrogen) atoms. The van der Waals surface area contributed by atoms with Gasteiger partial charge < -0.3 is 0 Å². The fourth-order valence-corrected chi connectivity index (χ4v) is 2.47. The van der Waals surface area contributed by atoms with Crippen molar-refractivity contribution in [1.82, 2.24) is 0 Å². The molecular weight excluding hydrogens is 242 g/mol. The summed E-state index contributed by atoms with van der Waals surface area (Å²) in [5, 5.41) is -0.442. The van der Waals surface area contributed by atoms with Crippen molar-refractivity contribution in [1.29, 1.82) is 0 Å². The maximum Gasteiger partial charge on any atom is 0.128 e. The van der Waals surface area contributed by atoms with Crippen molar-refractivity contribution < 1.29 is 8.78 Å². The zero-order chi connectivity index (χ0) is 12.8. The summed E-state index contributed by atoms with van der Waals surface area (Å²) in [5.74, 6) is -0.647. The van der Waals surface area contributed by atoms with Gasteiger partial charge in [0.25, 0.3) is 0 Å². The highest BCUT2D eigenvalue weighted by Crippen LogP contribution is 2.36. The van der Waals surface area contributed by atoms with Gasteiger partial charge in [-0.1, -0.05) is 33.1 Å². The van der Waals surface area contributed by atoms with Crippen molar-refractivity contribution in [3.05, 3.63) is 35.4 Å². The van der Waals surface area contributed by atoms with Gasteiger partial charge in [-0.15, -0.1) is 11.6 Å². The number of alkyl halides is 1. The van der Waals surface area contributed by atoms with E-state index in [0.29, 0.717) is 0 Å². The average Bonchev–Trinajstić information content (AvgIpc) is 2.33. The van der Waals surface area contributed by atoms with Crippen LogP contribution in [0.5, 0.6) is 0 Å². The van der Waals surface area contributed by atoms with E-state index in [1.807, 2.05) is 6.92 Å². The Labute approximate surface area is 107 Å². The predicted octanol–water partition coefficient (Wildman–Crippen LogP) is 5.46. The first-order chi connectivity index (χ1) is 8.10. The summed E-state index contributed by atoms with van der Waals surface area (Å²) in [6, 6.07) is 3.48. The third kappa shape index (κ3) is 3.95. The van der Waals surface area contributed by atoms with Gasteiger partial charge in [-0.05, 0) is 30.5 Å². The van der Waals surface area contributed by atoms with Crippen molar-refractivity contribution in [2.24, 2.45) is 5.92 Å². The molecular formula is C14H19ClF2. The highest BCUT2D eigenvalue weighted by atomic mass is 35.5. The van der Waals surface area contributed by atoms with E-state index in [1.54, 1.807) is 0 Å². The molecule has 2 atom stereocenters. The zero-order valence-corrected chi connectivity index (χ0v) is 11.1. The largest absolute Gasteiger partial charge is 0.207 e. The highest BCUT2D eigenvalue weighted by molar-refractivity contribution is 6.21. The molecule has 2 unspecified atom stereocenters. The second-order valence-electron chi connectivity index (χ2n) is 4.38. The van der Waals surface area contributed by atoms with Crippen LogP contribution in [-0.4, -0.2) is 0 Å². The third-order valence-electron chi connectivity index (χ3n) is 3.12. The van der Waals surface area contributed by atoms with Gasteiger partial charge in [-0.25, -0.2) is 8.78 Å². The van der Waals surface area contributed by atoms with Crippen LogP contribution in [0, 0.1) is 17.6 Å². The van der Waals surface area contributed by atoms with Gasteiger partial charge in [0.15, 0.2) is 0 Å². The summed E-state index contributed by atoms with van der Waals surface area (Å²) in [6.45, 7) is 4.14. The van der Waals surface area contributed by atoms with Crippen LogP contribution in [0.1, 0.15) is 50.5 Å². The van der Waals surface area contributed by atoms with Gasteiger partial charge >= 0.3 is 0 Å². The SMILES string of the molecule is CCCCC(CC)C(Cl)c1cc(F)ccc1F. The van der Waals surface area contributed by atoms with Gasteiger partial charge in [0.1, 0.15) is 11.6 Å². The van der Waals surface area contributed by atoms with E-state index in [9.17, 15) is 8.78 Å². The van der Waals surface area contributed by atoms with Gasteiger partial charge in [0, 0.05) is 5.56 Å². The Hall–Kier alpha value is -0.630. The van der Waals surface area contributed by atoms with Gasteiger partial charge in [0.05, 0.1) is 5.38 Å². The van der Waals surface area contributed by atoms with Gasteiger partial charge in [-0.3, -0.25) is 0 Å². The molecule has 0 saturated heterocycles. The number of halogens is 3. The Morgan fingerprint density at radius 1 is 1.24 bits per heavy atom. The summed E-state index contributed by atoms with van der Waals surface area (Å²) in [4.78, 5) is 0. The van der Waals surface area contributed by atoms with E-state index >= 15 is 0 Å². The molecule has 0 N–H and O–H groups in total. The second-order valence-corrected chi connectivity index (χ2v) is 4.85. The van der Waals surface area contributed by atoms with E-state index < -0.39 is 17.0 Å². The molecule has 1 aromatic carbocycles. The molecule has 0 nitrogen and oxygen atoms in total. The molecule has 0 heterocycles. The molecule has 1 rings (SSSR count). The molecule has 3 heteroatoms. The lowest BCUT2D eigenvalue weighted by Crippen LogP contribution is -2.09. The van der Waals surface area contributed by atoms with Crippen LogP contribution >= 0.6 is 11.6 Å². The smallest absolute Gasteiger partial charge is 0.128 e. The first-order valence-corrected chi connectivity index (χ1v) is 6.62. The number of rotatable bonds is 6. The summed E-state index contributed by atoms with van der Waals surface area (Å²) < 4.78 is 26.7. The molecule has 0 aromatic heterocycles. The molecule has 0 bridgehead atoms. The van der Waals surface area contributed by atoms with E-state index in [4.69, 9.17) is 11.6 Å². The van der Waals surface area contributed by atoms with Crippen LogP contribution in [0.3, 0.4) is 0 Å². The predicted molar refractivity (Wildman–Crippen MR) is 68.3 cm³/mol. The quantitative estimate of drug-likeness (QED) is 0.596. The molecule has 0 amide bonds. The fraction of sp³-hybridized carbons (Fsp3) is 0.571. The number of hydrogen-bond acceptors (Lipinski definition) is 0. The lowest BCUT2D eigenvalue weighted by molar-refractivity contribution is 0.426. The summed E-state index contributed by atoms with van der Waals surface area (Å²) in [5.41, 5.74) is 0.287. The third-order valence-corrected chi connectivity index (χ3v) is 3.71. The minimum absolute atomic E-state index is 0.202. The van der Waals surface area contributed by atoms with Gasteiger partial charge in [-0.2, -0.15) is 0 Å². The van der Waals surface area contributed by atoms with Crippen molar-refractivity contribution >= 4 is 11.6 Å². The first kappa shape index (κ1) is 14.4. The molecule has 0 fully saturated rings. The average molecular weight is 261 g/mol. The van der Waals surface area contributed by atoms with E-state index in [2.05, 4.69) is 6.92 Å². The molecule has 0 spiro atoms. The monoisotopic (exact) mass is 260 g/mol. The van der Waals surface area contributed by atoms with Crippen LogP contribution in [-0.2, 0) is 0 Å². The number of benzene rings is 1. The van der Waals surface area contributed by atoms with Crippen LogP contribution in [0.4, 0.5) is 8.78 Å². The fourth-order valence-electron chi connectivity index (χ4n) is 2.00.